The first-order chi connectivity index (χ1) is 16.6. The Bertz CT molecular complexity index is 1540. The average molecular weight is 506 g/mol. The number of nitrogen functional groups attached to an aromatic ring is 1. The van der Waals surface area contributed by atoms with Crippen LogP contribution in [0.2, 0.25) is 5.28 Å². The number of benzene rings is 2. The van der Waals surface area contributed by atoms with E-state index in [1.807, 2.05) is 0 Å². The van der Waals surface area contributed by atoms with Gasteiger partial charge in [0, 0.05) is 18.2 Å². The minimum Gasteiger partial charge on any atom is -0.488 e. The van der Waals surface area contributed by atoms with Gasteiger partial charge in [-0.3, -0.25) is 9.20 Å². The third kappa shape index (κ3) is 3.28. The quantitative estimate of drug-likeness (QED) is 0.367. The molecule has 2 aliphatic heterocycles. The molecule has 2 N–H and O–H groups in total. The van der Waals surface area contributed by atoms with Gasteiger partial charge in [0.1, 0.15) is 29.0 Å². The molecule has 1 fully saturated rings. The molecule has 7 nitrogen and oxygen atoms in total. The van der Waals surface area contributed by atoms with E-state index in [1.54, 1.807) is 0 Å². The number of hydrogen-bond donors (Lipinski definition) is 1. The standard InChI is InChI=1S/C23H16ClF4N5O2/c24-22-30-9-16-20(29)31-14-8-13(25)12(7-15(14)33(16)22)21(34)32-5-1-2-17-19(32)11-4-3-10(23(26,27)28)6-18(11)35-17/h3-4,6-9,17,19H,1-2,5H2,(H2,29,31)/t17-,19-/m0/s1. The van der Waals surface area contributed by atoms with E-state index >= 15 is 4.39 Å². The largest absolute Gasteiger partial charge is 0.488 e. The summed E-state index contributed by atoms with van der Waals surface area (Å²) in [6.45, 7) is 0.294. The number of likely N-dealkylation sites (tertiary alicyclic amines) is 1. The number of imidazole rings is 1. The molecule has 35 heavy (non-hydrogen) atoms. The van der Waals surface area contributed by atoms with Crippen molar-refractivity contribution in [3.63, 3.8) is 0 Å². The molecule has 0 saturated carbocycles. The minimum atomic E-state index is -4.52. The normalized spacial score (nSPS) is 19.6. The van der Waals surface area contributed by atoms with Crippen LogP contribution in [0.15, 0.2) is 36.5 Å². The molecule has 0 unspecified atom stereocenters. The van der Waals surface area contributed by atoms with Gasteiger partial charge in [-0.2, -0.15) is 13.2 Å². The Labute approximate surface area is 200 Å². The number of carbonyl (C=O) groups excluding carboxylic acids is 1. The molecular formula is C23H16ClF4N5O2. The van der Waals surface area contributed by atoms with E-state index in [0.29, 0.717) is 36.0 Å². The van der Waals surface area contributed by atoms with Crippen LogP contribution in [-0.4, -0.2) is 37.8 Å². The number of aromatic nitrogens is 3. The van der Waals surface area contributed by atoms with Crippen molar-refractivity contribution >= 4 is 39.9 Å². The molecule has 2 aromatic carbocycles. The van der Waals surface area contributed by atoms with E-state index < -0.39 is 35.6 Å². The maximum absolute atomic E-state index is 15.2. The molecule has 2 aromatic heterocycles. The number of carbonyl (C=O) groups is 1. The van der Waals surface area contributed by atoms with Gasteiger partial charge in [0.25, 0.3) is 5.91 Å². The minimum absolute atomic E-state index is 0.0701. The van der Waals surface area contributed by atoms with Crippen LogP contribution in [0.5, 0.6) is 5.75 Å². The summed E-state index contributed by atoms with van der Waals surface area (Å²) < 4.78 is 62.0. The van der Waals surface area contributed by atoms with Crippen molar-refractivity contribution in [1.82, 2.24) is 19.3 Å². The summed E-state index contributed by atoms with van der Waals surface area (Å²) in [5.74, 6) is -1.23. The van der Waals surface area contributed by atoms with Crippen LogP contribution >= 0.6 is 11.6 Å². The molecule has 0 aliphatic carbocycles. The number of alkyl halides is 3. The van der Waals surface area contributed by atoms with E-state index in [9.17, 15) is 18.0 Å². The maximum atomic E-state index is 15.2. The maximum Gasteiger partial charge on any atom is 0.416 e. The number of amides is 1. The topological polar surface area (TPSA) is 85.8 Å². The zero-order valence-corrected chi connectivity index (χ0v) is 18.6. The van der Waals surface area contributed by atoms with Crippen LogP contribution in [-0.2, 0) is 6.18 Å². The Morgan fingerprint density at radius 2 is 2.00 bits per heavy atom. The molecule has 4 heterocycles. The second-order valence-corrected chi connectivity index (χ2v) is 8.90. The lowest BCUT2D eigenvalue weighted by molar-refractivity contribution is -0.137. The van der Waals surface area contributed by atoms with Gasteiger partial charge in [-0.1, -0.05) is 6.07 Å². The number of nitrogens with zero attached hydrogens (tertiary/aromatic N) is 4. The van der Waals surface area contributed by atoms with Gasteiger partial charge in [-0.05, 0) is 42.6 Å². The highest BCUT2D eigenvalue weighted by molar-refractivity contribution is 6.29. The van der Waals surface area contributed by atoms with Gasteiger partial charge in [0.05, 0.1) is 34.4 Å². The number of piperidine rings is 1. The predicted molar refractivity (Wildman–Crippen MR) is 119 cm³/mol. The van der Waals surface area contributed by atoms with Crippen molar-refractivity contribution in [1.29, 1.82) is 0 Å². The number of halogens is 5. The SMILES string of the molecule is Nc1nc2cc(F)c(C(=O)N3CCC[C@@H]4Oc5cc(C(F)(F)F)ccc5[C@@H]43)cc2n2c(Cl)ncc12. The lowest BCUT2D eigenvalue weighted by Crippen LogP contribution is -2.44. The zero-order valence-electron chi connectivity index (χ0n) is 17.8. The number of hydrogen-bond acceptors (Lipinski definition) is 5. The number of rotatable bonds is 1. The molecule has 0 bridgehead atoms. The summed E-state index contributed by atoms with van der Waals surface area (Å²) in [7, 11) is 0. The molecule has 180 valence electrons. The molecule has 6 rings (SSSR count). The van der Waals surface area contributed by atoms with E-state index in [4.69, 9.17) is 22.1 Å². The number of ether oxygens (including phenoxy) is 1. The van der Waals surface area contributed by atoms with Crippen LogP contribution in [0.25, 0.3) is 16.6 Å². The summed E-state index contributed by atoms with van der Waals surface area (Å²) in [4.78, 5) is 23.3. The Morgan fingerprint density at radius 3 is 2.77 bits per heavy atom. The second-order valence-electron chi connectivity index (χ2n) is 8.56. The fourth-order valence-electron chi connectivity index (χ4n) is 4.96. The average Bonchev–Trinajstić information content (AvgIpc) is 3.38. The van der Waals surface area contributed by atoms with Gasteiger partial charge in [-0.15, -0.1) is 0 Å². The fourth-order valence-corrected chi connectivity index (χ4v) is 5.20. The van der Waals surface area contributed by atoms with Crippen molar-refractivity contribution in [2.75, 3.05) is 12.3 Å². The summed E-state index contributed by atoms with van der Waals surface area (Å²) >= 11 is 6.20. The number of nitrogens with two attached hydrogens (primary N) is 1. The Balaban J connectivity index is 1.44. The third-order valence-corrected chi connectivity index (χ3v) is 6.80. The highest BCUT2D eigenvalue weighted by atomic mass is 35.5. The van der Waals surface area contributed by atoms with E-state index in [1.165, 1.54) is 27.6 Å². The van der Waals surface area contributed by atoms with E-state index in [2.05, 4.69) is 9.97 Å². The van der Waals surface area contributed by atoms with Crippen molar-refractivity contribution in [2.24, 2.45) is 0 Å². The summed E-state index contributed by atoms with van der Waals surface area (Å²) in [6.07, 6.45) is -2.51. The second kappa shape index (κ2) is 7.45. The van der Waals surface area contributed by atoms with Crippen molar-refractivity contribution in [3.8, 4) is 5.75 Å². The highest BCUT2D eigenvalue weighted by Gasteiger charge is 2.44. The lowest BCUT2D eigenvalue weighted by Gasteiger charge is -2.36. The molecule has 1 saturated heterocycles. The Kier molecular flexibility index (Phi) is 4.66. The van der Waals surface area contributed by atoms with Crippen LogP contribution in [0, 0.1) is 5.82 Å². The van der Waals surface area contributed by atoms with Crippen molar-refractivity contribution in [2.45, 2.75) is 31.2 Å². The first-order valence-electron chi connectivity index (χ1n) is 10.7. The molecule has 2 aliphatic rings. The predicted octanol–water partition coefficient (Wildman–Crippen LogP) is 5.01. The first-order valence-corrected chi connectivity index (χ1v) is 11.1. The number of anilines is 1. The zero-order chi connectivity index (χ0) is 24.6. The molecule has 2 atom stereocenters. The van der Waals surface area contributed by atoms with Gasteiger partial charge in [0.15, 0.2) is 0 Å². The number of fused-ring (bicyclic) bond motifs is 6. The van der Waals surface area contributed by atoms with E-state index in [0.717, 1.165) is 18.2 Å². The smallest absolute Gasteiger partial charge is 0.416 e. The molecule has 12 heteroatoms. The van der Waals surface area contributed by atoms with Gasteiger partial charge in [-0.25, -0.2) is 14.4 Å². The van der Waals surface area contributed by atoms with Crippen LogP contribution in [0.3, 0.4) is 0 Å². The van der Waals surface area contributed by atoms with Gasteiger partial charge >= 0.3 is 6.18 Å². The molecule has 1 amide bonds. The van der Waals surface area contributed by atoms with Crippen LogP contribution in [0.4, 0.5) is 23.4 Å². The Hall–Kier alpha value is -3.60. The summed E-state index contributed by atoms with van der Waals surface area (Å²) in [5.41, 5.74) is 6.27. The lowest BCUT2D eigenvalue weighted by atomic mass is 9.93. The molecule has 0 radical (unpaired) electrons. The third-order valence-electron chi connectivity index (χ3n) is 6.53. The summed E-state index contributed by atoms with van der Waals surface area (Å²) in [6, 6.07) is 5.04. The van der Waals surface area contributed by atoms with Gasteiger partial charge < -0.3 is 15.4 Å². The molecule has 4 aromatic rings. The van der Waals surface area contributed by atoms with Gasteiger partial charge in [0.2, 0.25) is 5.28 Å². The van der Waals surface area contributed by atoms with Crippen molar-refractivity contribution in [3.05, 3.63) is 64.3 Å². The fraction of sp³-hybridized carbons (Fsp3) is 0.261. The first kappa shape index (κ1) is 21.9. The molecule has 0 spiro atoms. The molecular weight excluding hydrogens is 490 g/mol. The van der Waals surface area contributed by atoms with Crippen LogP contribution < -0.4 is 10.5 Å². The monoisotopic (exact) mass is 505 g/mol. The summed E-state index contributed by atoms with van der Waals surface area (Å²) in [5, 5.41) is 0.0701. The highest BCUT2D eigenvalue weighted by Crippen LogP contribution is 2.47. The Morgan fingerprint density at radius 1 is 1.20 bits per heavy atom. The van der Waals surface area contributed by atoms with Crippen molar-refractivity contribution < 1.29 is 27.1 Å². The van der Waals surface area contributed by atoms with E-state index in [-0.39, 0.29) is 27.9 Å². The van der Waals surface area contributed by atoms with Crippen LogP contribution in [0.1, 0.15) is 40.4 Å².